The molecule has 8 heteroatoms. The van der Waals surface area contributed by atoms with Gasteiger partial charge >= 0.3 is 0 Å². The number of methoxy groups -OCH3 is 1. The molecule has 1 fully saturated rings. The molecular formula is C17H23N3O5. The number of likely N-dealkylation sites (tertiary alicyclic amines) is 1. The molecule has 0 bridgehead atoms. The van der Waals surface area contributed by atoms with Gasteiger partial charge in [-0.25, -0.2) is 0 Å². The first-order valence-corrected chi connectivity index (χ1v) is 8.12. The van der Waals surface area contributed by atoms with Crippen molar-refractivity contribution in [2.45, 2.75) is 32.8 Å². The number of nitrogens with one attached hydrogen (secondary N) is 2. The summed E-state index contributed by atoms with van der Waals surface area (Å²) in [5.41, 5.74) is 4.95. The second-order valence-corrected chi connectivity index (χ2v) is 5.95. The molecule has 0 aliphatic carbocycles. The third-order valence-electron chi connectivity index (χ3n) is 3.61. The molecule has 8 nitrogen and oxygen atoms in total. The van der Waals surface area contributed by atoms with Crippen molar-refractivity contribution < 1.29 is 23.9 Å². The van der Waals surface area contributed by atoms with Gasteiger partial charge in [0.2, 0.25) is 5.91 Å². The molecule has 2 N–H and O–H groups in total. The smallest absolute Gasteiger partial charge is 0.269 e. The fraction of sp³-hybridized carbons (Fsp3) is 0.471. The van der Waals surface area contributed by atoms with E-state index in [1.165, 1.54) is 18.1 Å². The van der Waals surface area contributed by atoms with Crippen molar-refractivity contribution in [2.75, 3.05) is 20.2 Å². The Morgan fingerprint density at radius 2 is 2.00 bits per heavy atom. The lowest BCUT2D eigenvalue weighted by Gasteiger charge is -2.16. The number of ether oxygens (including phenoxy) is 2. The quantitative estimate of drug-likeness (QED) is 0.743. The minimum absolute atomic E-state index is 0.0267. The van der Waals surface area contributed by atoms with Gasteiger partial charge in [0.1, 0.15) is 6.54 Å². The zero-order valence-electron chi connectivity index (χ0n) is 14.6. The Morgan fingerprint density at radius 1 is 1.24 bits per heavy atom. The molecular weight excluding hydrogens is 326 g/mol. The molecule has 0 aromatic heterocycles. The normalized spacial score (nSPS) is 13.8. The Balaban J connectivity index is 1.91. The van der Waals surface area contributed by atoms with Gasteiger partial charge in [0.25, 0.3) is 11.8 Å². The van der Waals surface area contributed by atoms with E-state index < -0.39 is 11.8 Å². The first-order chi connectivity index (χ1) is 11.9. The van der Waals surface area contributed by atoms with Crippen molar-refractivity contribution in [1.29, 1.82) is 0 Å². The fourth-order valence-electron chi connectivity index (χ4n) is 2.44. The number of carbonyl (C=O) groups is 3. The molecule has 1 heterocycles. The molecule has 25 heavy (non-hydrogen) atoms. The number of nitrogens with zero attached hydrogens (tertiary/aromatic N) is 1. The van der Waals surface area contributed by atoms with Crippen LogP contribution >= 0.6 is 0 Å². The summed E-state index contributed by atoms with van der Waals surface area (Å²) in [6.45, 7) is 4.28. The van der Waals surface area contributed by atoms with Gasteiger partial charge in [-0.3, -0.25) is 25.2 Å². The molecule has 0 unspecified atom stereocenters. The lowest BCUT2D eigenvalue weighted by Crippen LogP contribution is -2.46. The summed E-state index contributed by atoms with van der Waals surface area (Å²) in [6.07, 6.45) is 1.19. The number of hydrazine groups is 1. The maximum Gasteiger partial charge on any atom is 0.269 e. The van der Waals surface area contributed by atoms with Crippen molar-refractivity contribution in [2.24, 2.45) is 0 Å². The van der Waals surface area contributed by atoms with E-state index in [4.69, 9.17) is 9.47 Å². The topological polar surface area (TPSA) is 97.0 Å². The van der Waals surface area contributed by atoms with Gasteiger partial charge in [-0.15, -0.1) is 0 Å². The summed E-state index contributed by atoms with van der Waals surface area (Å²) in [7, 11) is 1.49. The highest BCUT2D eigenvalue weighted by Gasteiger charge is 2.22. The van der Waals surface area contributed by atoms with E-state index in [1.54, 1.807) is 12.1 Å². The summed E-state index contributed by atoms with van der Waals surface area (Å²) < 4.78 is 10.8. The SMILES string of the molecule is COc1cc(C(=O)NNC(=O)CN2CCCC2=O)ccc1OC(C)C. The van der Waals surface area contributed by atoms with E-state index in [0.29, 0.717) is 30.0 Å². The van der Waals surface area contributed by atoms with Crippen LogP contribution in [0, 0.1) is 0 Å². The van der Waals surface area contributed by atoms with Crippen LogP contribution in [0.15, 0.2) is 18.2 Å². The van der Waals surface area contributed by atoms with Gasteiger partial charge in [0, 0.05) is 18.5 Å². The third kappa shape index (κ3) is 5.10. The van der Waals surface area contributed by atoms with E-state index in [0.717, 1.165) is 6.42 Å². The van der Waals surface area contributed by atoms with Gasteiger partial charge in [0.05, 0.1) is 13.2 Å². The number of rotatable bonds is 6. The van der Waals surface area contributed by atoms with Crippen LogP contribution < -0.4 is 20.3 Å². The molecule has 0 atom stereocenters. The Labute approximate surface area is 146 Å². The summed E-state index contributed by atoms with van der Waals surface area (Å²) in [5.74, 6) is -0.0289. The predicted octanol–water partition coefficient (Wildman–Crippen LogP) is 0.866. The number of carbonyl (C=O) groups excluding carboxylic acids is 3. The molecule has 0 spiro atoms. The van der Waals surface area contributed by atoms with Crippen molar-refractivity contribution in [3.8, 4) is 11.5 Å². The number of benzene rings is 1. The fourth-order valence-corrected chi connectivity index (χ4v) is 2.44. The predicted molar refractivity (Wildman–Crippen MR) is 90.2 cm³/mol. The number of hydrogen-bond acceptors (Lipinski definition) is 5. The second-order valence-electron chi connectivity index (χ2n) is 5.95. The number of hydrogen-bond donors (Lipinski definition) is 2. The molecule has 1 aliphatic heterocycles. The highest BCUT2D eigenvalue weighted by Crippen LogP contribution is 2.28. The minimum Gasteiger partial charge on any atom is -0.493 e. The van der Waals surface area contributed by atoms with Gasteiger partial charge in [-0.05, 0) is 38.5 Å². The highest BCUT2D eigenvalue weighted by molar-refractivity contribution is 5.96. The Hall–Kier alpha value is -2.77. The Morgan fingerprint density at radius 3 is 2.60 bits per heavy atom. The average molecular weight is 349 g/mol. The number of amides is 3. The van der Waals surface area contributed by atoms with Crippen LogP contribution in [0.25, 0.3) is 0 Å². The molecule has 0 saturated carbocycles. The molecule has 1 saturated heterocycles. The molecule has 1 aromatic carbocycles. The lowest BCUT2D eigenvalue weighted by atomic mass is 10.2. The average Bonchev–Trinajstić information content (AvgIpc) is 2.97. The van der Waals surface area contributed by atoms with Gasteiger partial charge in [-0.2, -0.15) is 0 Å². The largest absolute Gasteiger partial charge is 0.493 e. The summed E-state index contributed by atoms with van der Waals surface area (Å²) in [6, 6.07) is 4.74. The van der Waals surface area contributed by atoms with Crippen LogP contribution in [0.3, 0.4) is 0 Å². The first-order valence-electron chi connectivity index (χ1n) is 8.12. The molecule has 2 rings (SSSR count). The Kier molecular flexibility index (Phi) is 6.21. The molecule has 0 radical (unpaired) electrons. The van der Waals surface area contributed by atoms with Crippen LogP contribution in [0.5, 0.6) is 11.5 Å². The standard InChI is InChI=1S/C17H23N3O5/c1-11(2)25-13-7-6-12(9-14(13)24-3)17(23)19-18-15(21)10-20-8-4-5-16(20)22/h6-7,9,11H,4-5,8,10H2,1-3H3,(H,18,21)(H,19,23). The second kappa shape index (κ2) is 8.36. The van der Waals surface area contributed by atoms with E-state index in [-0.39, 0.29) is 18.6 Å². The van der Waals surface area contributed by atoms with Crippen LogP contribution in [0.4, 0.5) is 0 Å². The van der Waals surface area contributed by atoms with Crippen LogP contribution in [-0.2, 0) is 9.59 Å². The van der Waals surface area contributed by atoms with Crippen molar-refractivity contribution in [3.63, 3.8) is 0 Å². The maximum atomic E-state index is 12.1. The van der Waals surface area contributed by atoms with E-state index in [9.17, 15) is 14.4 Å². The van der Waals surface area contributed by atoms with Crippen molar-refractivity contribution in [1.82, 2.24) is 15.8 Å². The minimum atomic E-state index is -0.490. The summed E-state index contributed by atoms with van der Waals surface area (Å²) >= 11 is 0. The van der Waals surface area contributed by atoms with Crippen LogP contribution in [-0.4, -0.2) is 48.9 Å². The zero-order chi connectivity index (χ0) is 18.4. The zero-order valence-corrected chi connectivity index (χ0v) is 14.6. The van der Waals surface area contributed by atoms with Gasteiger partial charge < -0.3 is 14.4 Å². The van der Waals surface area contributed by atoms with E-state index in [1.807, 2.05) is 13.8 Å². The summed E-state index contributed by atoms with van der Waals surface area (Å²) in [4.78, 5) is 36.9. The molecule has 3 amide bonds. The maximum absolute atomic E-state index is 12.1. The summed E-state index contributed by atoms with van der Waals surface area (Å²) in [5, 5.41) is 0. The monoisotopic (exact) mass is 349 g/mol. The molecule has 1 aliphatic rings. The third-order valence-corrected chi connectivity index (χ3v) is 3.61. The lowest BCUT2D eigenvalue weighted by molar-refractivity contribution is -0.133. The van der Waals surface area contributed by atoms with Crippen LogP contribution in [0.2, 0.25) is 0 Å². The molecule has 136 valence electrons. The highest BCUT2D eigenvalue weighted by atomic mass is 16.5. The van der Waals surface area contributed by atoms with Crippen LogP contribution in [0.1, 0.15) is 37.0 Å². The molecule has 1 aromatic rings. The Bertz CT molecular complexity index is 660. The van der Waals surface area contributed by atoms with Crippen molar-refractivity contribution in [3.05, 3.63) is 23.8 Å². The first kappa shape index (κ1) is 18.6. The van der Waals surface area contributed by atoms with Gasteiger partial charge in [0.15, 0.2) is 11.5 Å². The van der Waals surface area contributed by atoms with E-state index >= 15 is 0 Å². The van der Waals surface area contributed by atoms with Gasteiger partial charge in [-0.1, -0.05) is 0 Å². The van der Waals surface area contributed by atoms with Crippen molar-refractivity contribution >= 4 is 17.7 Å². The van der Waals surface area contributed by atoms with E-state index in [2.05, 4.69) is 10.9 Å².